The maximum absolute atomic E-state index is 10.5. The smallest absolute Gasteiger partial charge is 0.269 e. The quantitative estimate of drug-likeness (QED) is 0.349. The van der Waals surface area contributed by atoms with Crippen LogP contribution in [0.15, 0.2) is 24.3 Å². The minimum absolute atomic E-state index is 0.100. The first-order chi connectivity index (χ1) is 9.24. The molecule has 19 heavy (non-hydrogen) atoms. The van der Waals surface area contributed by atoms with Gasteiger partial charge in [-0.2, -0.15) is 0 Å². The molecule has 0 aliphatic carbocycles. The second-order valence-corrected chi connectivity index (χ2v) is 4.72. The zero-order valence-electron chi connectivity index (χ0n) is 11.6. The van der Waals surface area contributed by atoms with Gasteiger partial charge in [0.25, 0.3) is 5.69 Å². The maximum Gasteiger partial charge on any atom is 0.269 e. The van der Waals surface area contributed by atoms with E-state index in [0.717, 1.165) is 6.42 Å². The number of benzene rings is 1. The maximum atomic E-state index is 10.5. The highest BCUT2D eigenvalue weighted by Crippen LogP contribution is 2.17. The predicted octanol–water partition coefficient (Wildman–Crippen LogP) is 4.72. The predicted molar refractivity (Wildman–Crippen MR) is 76.6 cm³/mol. The van der Waals surface area contributed by atoms with E-state index in [4.69, 9.17) is 4.74 Å². The minimum atomic E-state index is -0.403. The van der Waals surface area contributed by atoms with Gasteiger partial charge >= 0.3 is 0 Å². The summed E-state index contributed by atoms with van der Waals surface area (Å²) in [6.07, 6.45) is 8.76. The number of hydrogen-bond acceptors (Lipinski definition) is 3. The van der Waals surface area contributed by atoms with Crippen LogP contribution in [0.3, 0.4) is 0 Å². The minimum Gasteiger partial charge on any atom is -0.494 e. The molecule has 0 fully saturated rings. The number of rotatable bonds is 10. The van der Waals surface area contributed by atoms with Gasteiger partial charge < -0.3 is 4.74 Å². The summed E-state index contributed by atoms with van der Waals surface area (Å²) in [5.74, 6) is 0.705. The van der Waals surface area contributed by atoms with E-state index in [1.54, 1.807) is 12.1 Å². The molecule has 1 rings (SSSR count). The molecule has 0 spiro atoms. The molecule has 0 aromatic heterocycles. The van der Waals surface area contributed by atoms with Crippen molar-refractivity contribution in [2.75, 3.05) is 6.61 Å². The van der Waals surface area contributed by atoms with Crippen molar-refractivity contribution in [3.63, 3.8) is 0 Å². The normalized spacial score (nSPS) is 10.4. The van der Waals surface area contributed by atoms with Gasteiger partial charge in [0, 0.05) is 12.1 Å². The van der Waals surface area contributed by atoms with Crippen molar-refractivity contribution in [2.45, 2.75) is 51.9 Å². The number of ether oxygens (including phenoxy) is 1. The van der Waals surface area contributed by atoms with Gasteiger partial charge in [0.15, 0.2) is 0 Å². The average Bonchev–Trinajstić information content (AvgIpc) is 2.42. The number of nitrogens with zero attached hydrogens (tertiary/aromatic N) is 1. The van der Waals surface area contributed by atoms with Crippen LogP contribution in [0.2, 0.25) is 0 Å². The van der Waals surface area contributed by atoms with Gasteiger partial charge in [0.05, 0.1) is 11.5 Å². The van der Waals surface area contributed by atoms with Crippen LogP contribution in [-0.4, -0.2) is 11.5 Å². The molecule has 4 nitrogen and oxygen atoms in total. The van der Waals surface area contributed by atoms with E-state index in [1.165, 1.54) is 50.7 Å². The molecule has 0 aliphatic rings. The first kappa shape index (κ1) is 15.5. The van der Waals surface area contributed by atoms with E-state index in [1.807, 2.05) is 0 Å². The van der Waals surface area contributed by atoms with E-state index in [0.29, 0.717) is 12.4 Å². The van der Waals surface area contributed by atoms with Gasteiger partial charge in [-0.15, -0.1) is 0 Å². The van der Waals surface area contributed by atoms with E-state index in [9.17, 15) is 10.1 Å². The molecule has 0 heterocycles. The standard InChI is InChI=1S/C15H23NO3/c1-2-3-4-5-6-7-8-13-19-15-11-9-14(10-12-15)16(17)18/h9-12H,2-8,13H2,1H3. The summed E-state index contributed by atoms with van der Waals surface area (Å²) < 4.78 is 5.55. The topological polar surface area (TPSA) is 52.4 Å². The molecule has 1 aromatic rings. The number of nitro benzene ring substituents is 1. The number of non-ortho nitro benzene ring substituents is 1. The lowest BCUT2D eigenvalue weighted by Gasteiger charge is -2.05. The van der Waals surface area contributed by atoms with Crippen LogP contribution in [0.5, 0.6) is 5.75 Å². The monoisotopic (exact) mass is 265 g/mol. The molecule has 106 valence electrons. The fourth-order valence-corrected chi connectivity index (χ4v) is 1.91. The Morgan fingerprint density at radius 3 is 2.16 bits per heavy atom. The molecule has 1 aromatic carbocycles. The Morgan fingerprint density at radius 1 is 1.00 bits per heavy atom. The fraction of sp³-hybridized carbons (Fsp3) is 0.600. The highest BCUT2D eigenvalue weighted by molar-refractivity contribution is 5.35. The highest BCUT2D eigenvalue weighted by atomic mass is 16.6. The number of nitro groups is 1. The van der Waals surface area contributed by atoms with E-state index in [2.05, 4.69) is 6.92 Å². The Balaban J connectivity index is 2.07. The molecule has 0 radical (unpaired) electrons. The Hall–Kier alpha value is -1.58. The van der Waals surface area contributed by atoms with Gasteiger partial charge in [0.1, 0.15) is 5.75 Å². The fourth-order valence-electron chi connectivity index (χ4n) is 1.91. The summed E-state index contributed by atoms with van der Waals surface area (Å²) in [7, 11) is 0. The van der Waals surface area contributed by atoms with Gasteiger partial charge in [-0.25, -0.2) is 0 Å². The summed E-state index contributed by atoms with van der Waals surface area (Å²) in [6.45, 7) is 2.91. The third-order valence-electron chi connectivity index (χ3n) is 3.06. The Bertz CT molecular complexity index is 362. The molecule has 4 heteroatoms. The first-order valence-corrected chi connectivity index (χ1v) is 7.11. The highest BCUT2D eigenvalue weighted by Gasteiger charge is 2.03. The first-order valence-electron chi connectivity index (χ1n) is 7.11. The van der Waals surface area contributed by atoms with Crippen LogP contribution in [-0.2, 0) is 0 Å². The van der Waals surface area contributed by atoms with Gasteiger partial charge in [-0.1, -0.05) is 45.4 Å². The Kier molecular flexibility index (Phi) is 7.63. The van der Waals surface area contributed by atoms with Gasteiger partial charge in [-0.3, -0.25) is 10.1 Å². The van der Waals surface area contributed by atoms with E-state index in [-0.39, 0.29) is 5.69 Å². The number of unbranched alkanes of at least 4 members (excludes halogenated alkanes) is 6. The molecule has 0 unspecified atom stereocenters. The molecule has 0 N–H and O–H groups in total. The van der Waals surface area contributed by atoms with Crippen LogP contribution < -0.4 is 4.74 Å². The second kappa shape index (κ2) is 9.36. The largest absolute Gasteiger partial charge is 0.494 e. The summed E-state index contributed by atoms with van der Waals surface area (Å²) in [6, 6.07) is 6.25. The summed E-state index contributed by atoms with van der Waals surface area (Å²) in [5, 5.41) is 10.5. The zero-order chi connectivity index (χ0) is 13.9. The molecule has 0 amide bonds. The Morgan fingerprint density at radius 2 is 1.58 bits per heavy atom. The van der Waals surface area contributed by atoms with Crippen molar-refractivity contribution in [1.29, 1.82) is 0 Å². The molecular weight excluding hydrogens is 242 g/mol. The molecule has 0 aliphatic heterocycles. The SMILES string of the molecule is CCCCCCCCCOc1ccc([N+](=O)[O-])cc1. The molecule has 0 saturated heterocycles. The van der Waals surface area contributed by atoms with Crippen LogP contribution in [0.4, 0.5) is 5.69 Å². The third-order valence-corrected chi connectivity index (χ3v) is 3.06. The summed E-state index contributed by atoms with van der Waals surface area (Å²) in [4.78, 5) is 10.1. The van der Waals surface area contributed by atoms with Crippen LogP contribution in [0, 0.1) is 10.1 Å². The van der Waals surface area contributed by atoms with Crippen molar-refractivity contribution in [2.24, 2.45) is 0 Å². The van der Waals surface area contributed by atoms with Crippen molar-refractivity contribution in [1.82, 2.24) is 0 Å². The van der Waals surface area contributed by atoms with Crippen molar-refractivity contribution < 1.29 is 9.66 Å². The molecule has 0 bridgehead atoms. The lowest BCUT2D eigenvalue weighted by molar-refractivity contribution is -0.384. The molecular formula is C15H23NO3. The van der Waals surface area contributed by atoms with Gasteiger partial charge in [-0.05, 0) is 18.6 Å². The van der Waals surface area contributed by atoms with E-state index >= 15 is 0 Å². The van der Waals surface area contributed by atoms with Crippen molar-refractivity contribution >= 4 is 5.69 Å². The average molecular weight is 265 g/mol. The Labute approximate surface area is 114 Å². The summed E-state index contributed by atoms with van der Waals surface area (Å²) in [5.41, 5.74) is 0.100. The van der Waals surface area contributed by atoms with Crippen molar-refractivity contribution in [3.05, 3.63) is 34.4 Å². The zero-order valence-corrected chi connectivity index (χ0v) is 11.6. The summed E-state index contributed by atoms with van der Waals surface area (Å²) >= 11 is 0. The van der Waals surface area contributed by atoms with Crippen molar-refractivity contribution in [3.8, 4) is 5.75 Å². The van der Waals surface area contributed by atoms with E-state index < -0.39 is 4.92 Å². The molecule has 0 saturated carbocycles. The third kappa shape index (κ3) is 6.79. The van der Waals surface area contributed by atoms with Gasteiger partial charge in [0.2, 0.25) is 0 Å². The lowest BCUT2D eigenvalue weighted by Crippen LogP contribution is -1.97. The second-order valence-electron chi connectivity index (χ2n) is 4.72. The van der Waals surface area contributed by atoms with Crippen LogP contribution in [0.1, 0.15) is 51.9 Å². The van der Waals surface area contributed by atoms with Crippen LogP contribution in [0.25, 0.3) is 0 Å². The lowest BCUT2D eigenvalue weighted by atomic mass is 10.1. The number of hydrogen-bond donors (Lipinski definition) is 0. The van der Waals surface area contributed by atoms with Crippen LogP contribution >= 0.6 is 0 Å². The molecule has 0 atom stereocenters.